The Morgan fingerprint density at radius 3 is 2.78 bits per heavy atom. The Bertz CT molecular complexity index is 435. The van der Waals surface area contributed by atoms with Crippen LogP contribution in [0.25, 0.3) is 0 Å². The van der Waals surface area contributed by atoms with E-state index in [4.69, 9.17) is 5.73 Å². The quantitative estimate of drug-likeness (QED) is 0.652. The lowest BCUT2D eigenvalue weighted by Gasteiger charge is -2.08. The van der Waals surface area contributed by atoms with E-state index in [9.17, 15) is 4.39 Å². The normalized spacial score (nSPS) is 10.3. The molecule has 1 rings (SSSR count). The van der Waals surface area contributed by atoms with Gasteiger partial charge >= 0.3 is 0 Å². The van der Waals surface area contributed by atoms with E-state index in [0.29, 0.717) is 12.1 Å². The first kappa shape index (κ1) is 15.0. The van der Waals surface area contributed by atoms with Gasteiger partial charge in [-0.3, -0.25) is 0 Å². The second-order valence-corrected chi connectivity index (χ2v) is 5.32. The van der Waals surface area contributed by atoms with Crippen molar-refractivity contribution in [3.63, 3.8) is 0 Å². The molecule has 0 fully saturated rings. The number of hydrogen-bond acceptors (Lipinski definition) is 3. The molecule has 18 heavy (non-hydrogen) atoms. The van der Waals surface area contributed by atoms with Crippen LogP contribution in [0.4, 0.5) is 4.39 Å². The molecule has 0 aliphatic rings. The van der Waals surface area contributed by atoms with Crippen molar-refractivity contribution >= 4 is 11.8 Å². The highest BCUT2D eigenvalue weighted by Crippen LogP contribution is 2.15. The third-order valence-corrected chi connectivity index (χ3v) is 3.25. The van der Waals surface area contributed by atoms with E-state index in [1.54, 1.807) is 17.8 Å². The van der Waals surface area contributed by atoms with E-state index in [1.807, 2.05) is 20.2 Å². The van der Waals surface area contributed by atoms with Crippen LogP contribution >= 0.6 is 11.8 Å². The minimum absolute atomic E-state index is 0.234. The van der Waals surface area contributed by atoms with Crippen molar-refractivity contribution < 1.29 is 4.39 Å². The highest BCUT2D eigenvalue weighted by atomic mass is 32.2. The molecular weight excluding hydrogens is 247 g/mol. The molecule has 0 amide bonds. The molecule has 0 radical (unpaired) electrons. The van der Waals surface area contributed by atoms with Gasteiger partial charge in [-0.15, -0.1) is 0 Å². The lowest BCUT2D eigenvalue weighted by atomic mass is 10.1. The van der Waals surface area contributed by atoms with Crippen molar-refractivity contribution in [2.45, 2.75) is 5.75 Å². The van der Waals surface area contributed by atoms with Crippen molar-refractivity contribution in [1.82, 2.24) is 4.90 Å². The zero-order chi connectivity index (χ0) is 13.4. The van der Waals surface area contributed by atoms with Gasteiger partial charge in [0, 0.05) is 23.6 Å². The van der Waals surface area contributed by atoms with Crippen molar-refractivity contribution in [3.8, 4) is 11.8 Å². The number of hydrogen-bond donors (Lipinski definition) is 1. The summed E-state index contributed by atoms with van der Waals surface area (Å²) in [7, 11) is 4.09. The number of rotatable bonds is 5. The maximum atomic E-state index is 13.4. The van der Waals surface area contributed by atoms with Gasteiger partial charge < -0.3 is 10.6 Å². The van der Waals surface area contributed by atoms with E-state index in [0.717, 1.165) is 23.6 Å². The molecule has 0 heterocycles. The maximum absolute atomic E-state index is 13.4. The van der Waals surface area contributed by atoms with E-state index in [1.165, 1.54) is 6.07 Å². The third kappa shape index (κ3) is 6.06. The summed E-state index contributed by atoms with van der Waals surface area (Å²) in [5, 5.41) is 0. The summed E-state index contributed by atoms with van der Waals surface area (Å²) in [5.74, 6) is 7.21. The second-order valence-electron chi connectivity index (χ2n) is 4.21. The van der Waals surface area contributed by atoms with Crippen LogP contribution in [-0.2, 0) is 5.75 Å². The van der Waals surface area contributed by atoms with Gasteiger partial charge in [-0.2, -0.15) is 11.8 Å². The molecule has 0 bridgehead atoms. The van der Waals surface area contributed by atoms with Crippen LogP contribution in [0.5, 0.6) is 0 Å². The van der Waals surface area contributed by atoms with Crippen LogP contribution in [0.2, 0.25) is 0 Å². The minimum atomic E-state index is -0.234. The highest BCUT2D eigenvalue weighted by molar-refractivity contribution is 7.98. The van der Waals surface area contributed by atoms with Crippen LogP contribution in [0.15, 0.2) is 18.2 Å². The van der Waals surface area contributed by atoms with E-state index < -0.39 is 0 Å². The van der Waals surface area contributed by atoms with E-state index >= 15 is 0 Å². The van der Waals surface area contributed by atoms with Crippen LogP contribution in [0.1, 0.15) is 11.1 Å². The fourth-order valence-corrected chi connectivity index (χ4v) is 2.44. The van der Waals surface area contributed by atoms with Crippen LogP contribution in [0, 0.1) is 17.7 Å². The van der Waals surface area contributed by atoms with Crippen LogP contribution in [-0.4, -0.2) is 37.8 Å². The SMILES string of the molecule is CN(C)CCSCc1cc(F)cc(C#CCN)c1. The number of halogens is 1. The maximum Gasteiger partial charge on any atom is 0.124 e. The summed E-state index contributed by atoms with van der Waals surface area (Å²) in [6, 6.07) is 4.93. The number of thioether (sulfide) groups is 1. The summed E-state index contributed by atoms with van der Waals surface area (Å²) in [6.45, 7) is 1.32. The molecule has 1 aromatic rings. The predicted molar refractivity (Wildman–Crippen MR) is 77.0 cm³/mol. The standard InChI is InChI=1S/C14H19FN2S/c1-17(2)6-7-18-11-13-8-12(4-3-5-16)9-14(15)10-13/h8-10H,5-7,11,16H2,1-2H3. The monoisotopic (exact) mass is 266 g/mol. The van der Waals surface area contributed by atoms with Crippen molar-refractivity contribution in [2.24, 2.45) is 5.73 Å². The topological polar surface area (TPSA) is 29.3 Å². The zero-order valence-electron chi connectivity index (χ0n) is 10.9. The van der Waals surface area contributed by atoms with Crippen molar-refractivity contribution in [3.05, 3.63) is 35.1 Å². The smallest absolute Gasteiger partial charge is 0.124 e. The molecule has 0 spiro atoms. The first-order valence-corrected chi connectivity index (χ1v) is 6.98. The number of nitrogens with zero attached hydrogens (tertiary/aromatic N) is 1. The Labute approximate surface area is 113 Å². The van der Waals surface area contributed by atoms with E-state index in [-0.39, 0.29) is 5.82 Å². The molecule has 0 aliphatic heterocycles. The van der Waals surface area contributed by atoms with Crippen molar-refractivity contribution in [2.75, 3.05) is 32.9 Å². The summed E-state index contributed by atoms with van der Waals surface area (Å²) in [4.78, 5) is 2.14. The van der Waals surface area contributed by atoms with Gasteiger partial charge in [0.25, 0.3) is 0 Å². The average molecular weight is 266 g/mol. The zero-order valence-corrected chi connectivity index (χ0v) is 11.7. The van der Waals surface area contributed by atoms with Crippen molar-refractivity contribution in [1.29, 1.82) is 0 Å². The minimum Gasteiger partial charge on any atom is -0.320 e. The van der Waals surface area contributed by atoms with Gasteiger partial charge in [0.05, 0.1) is 6.54 Å². The second kappa shape index (κ2) is 8.15. The lowest BCUT2D eigenvalue weighted by Crippen LogP contribution is -2.14. The summed E-state index contributed by atoms with van der Waals surface area (Å²) in [6.07, 6.45) is 0. The summed E-state index contributed by atoms with van der Waals surface area (Å²) < 4.78 is 13.4. The average Bonchev–Trinajstić information content (AvgIpc) is 2.31. The van der Waals surface area contributed by atoms with Crippen LogP contribution in [0.3, 0.4) is 0 Å². The Balaban J connectivity index is 2.57. The van der Waals surface area contributed by atoms with Gasteiger partial charge in [-0.1, -0.05) is 11.8 Å². The fourth-order valence-electron chi connectivity index (χ4n) is 1.40. The molecule has 0 saturated heterocycles. The lowest BCUT2D eigenvalue weighted by molar-refractivity contribution is 0.437. The molecule has 0 aliphatic carbocycles. The van der Waals surface area contributed by atoms with E-state index in [2.05, 4.69) is 16.7 Å². The molecule has 2 N–H and O–H groups in total. The van der Waals surface area contributed by atoms with Gasteiger partial charge in [0.15, 0.2) is 0 Å². The number of nitrogens with two attached hydrogens (primary N) is 1. The molecule has 0 unspecified atom stereocenters. The molecule has 1 aromatic carbocycles. The van der Waals surface area contributed by atoms with Gasteiger partial charge in [-0.25, -0.2) is 4.39 Å². The Hall–Kier alpha value is -1.02. The van der Waals surface area contributed by atoms with Gasteiger partial charge in [-0.05, 0) is 37.9 Å². The predicted octanol–water partition coefficient (Wildman–Crippen LogP) is 1.93. The van der Waals surface area contributed by atoms with Gasteiger partial charge in [0.1, 0.15) is 5.82 Å². The molecule has 4 heteroatoms. The number of benzene rings is 1. The Morgan fingerprint density at radius 1 is 1.33 bits per heavy atom. The molecule has 0 aromatic heterocycles. The van der Waals surface area contributed by atoms with Gasteiger partial charge in [0.2, 0.25) is 0 Å². The first-order chi connectivity index (χ1) is 8.61. The Kier molecular flexibility index (Phi) is 6.81. The summed E-state index contributed by atoms with van der Waals surface area (Å²) in [5.41, 5.74) is 6.97. The Morgan fingerprint density at radius 2 is 2.11 bits per heavy atom. The largest absolute Gasteiger partial charge is 0.320 e. The van der Waals surface area contributed by atoms with Crippen LogP contribution < -0.4 is 5.73 Å². The summed E-state index contributed by atoms with van der Waals surface area (Å²) >= 11 is 1.79. The molecule has 98 valence electrons. The fraction of sp³-hybridized carbons (Fsp3) is 0.429. The highest BCUT2D eigenvalue weighted by Gasteiger charge is 2.00. The molecule has 0 atom stereocenters. The molecular formula is C14H19FN2S. The molecule has 2 nitrogen and oxygen atoms in total. The molecule has 0 saturated carbocycles. The first-order valence-electron chi connectivity index (χ1n) is 5.82. The third-order valence-electron chi connectivity index (χ3n) is 2.24.